The number of carbonyl (C=O) groups is 3. The Kier molecular flexibility index (Phi) is 9.42. The van der Waals surface area contributed by atoms with Gasteiger partial charge in [0.25, 0.3) is 0 Å². The van der Waals surface area contributed by atoms with E-state index in [1.165, 1.54) is 6.92 Å². The molecular weight excluding hydrogens is 486 g/mol. The molecule has 1 saturated heterocycles. The first-order chi connectivity index (χ1) is 16.5. The van der Waals surface area contributed by atoms with Crippen molar-refractivity contribution < 1.29 is 29.3 Å². The number of aliphatic hydroxyl groups is 2. The highest BCUT2D eigenvalue weighted by atomic mass is 35.5. The molecule has 36 heavy (non-hydrogen) atoms. The maximum absolute atomic E-state index is 13.5. The summed E-state index contributed by atoms with van der Waals surface area (Å²) in [5.74, 6) is -1.21. The van der Waals surface area contributed by atoms with Gasteiger partial charge in [0.05, 0.1) is 12.1 Å². The number of nitrogens with zero attached hydrogens (tertiary/aromatic N) is 1. The predicted molar refractivity (Wildman–Crippen MR) is 137 cm³/mol. The second-order valence-electron chi connectivity index (χ2n) is 11.2. The molecule has 202 valence electrons. The third-order valence-corrected chi connectivity index (χ3v) is 6.95. The topological polar surface area (TPSA) is 128 Å². The van der Waals surface area contributed by atoms with Gasteiger partial charge in [-0.2, -0.15) is 0 Å². The van der Waals surface area contributed by atoms with Crippen LogP contribution in [0.4, 0.5) is 4.79 Å². The molecule has 0 saturated carbocycles. The number of halogens is 1. The van der Waals surface area contributed by atoms with Gasteiger partial charge in [0.1, 0.15) is 17.7 Å². The number of piperidine rings is 1. The van der Waals surface area contributed by atoms with Gasteiger partial charge in [-0.3, -0.25) is 4.79 Å². The van der Waals surface area contributed by atoms with Crippen LogP contribution in [0.15, 0.2) is 24.3 Å². The standard InChI is InChI=1S/C26H40ClN3O6/c1-16(2)20(29-23(34)28-14-25(6,7)36-22(33)17(3)31)21(32)30-13-12-26(35,24(4,5)15-30)18-8-10-19(27)11-9-18/h8-11,16-17,20,31,35H,12-15H2,1-7H3,(H2,28,29,34)/t17?,20?,26-/m0/s1. The lowest BCUT2D eigenvalue weighted by molar-refractivity contribution is -0.165. The van der Waals surface area contributed by atoms with E-state index in [2.05, 4.69) is 10.6 Å². The lowest BCUT2D eigenvalue weighted by atomic mass is 9.66. The summed E-state index contributed by atoms with van der Waals surface area (Å²) in [6.07, 6.45) is -0.931. The summed E-state index contributed by atoms with van der Waals surface area (Å²) in [6, 6.07) is 5.75. The van der Waals surface area contributed by atoms with E-state index in [1.807, 2.05) is 39.8 Å². The molecule has 1 heterocycles. The quantitative estimate of drug-likeness (QED) is 0.386. The number of urea groups is 1. The van der Waals surface area contributed by atoms with Crippen LogP contribution in [0.2, 0.25) is 5.02 Å². The summed E-state index contributed by atoms with van der Waals surface area (Å²) in [4.78, 5) is 39.4. The van der Waals surface area contributed by atoms with Gasteiger partial charge < -0.3 is 30.5 Å². The van der Waals surface area contributed by atoms with Crippen LogP contribution in [-0.2, 0) is 19.9 Å². The zero-order valence-electron chi connectivity index (χ0n) is 22.2. The van der Waals surface area contributed by atoms with Crippen LogP contribution in [-0.4, -0.2) is 70.4 Å². The maximum Gasteiger partial charge on any atom is 0.335 e. The summed E-state index contributed by atoms with van der Waals surface area (Å²) in [5, 5.41) is 26.9. The van der Waals surface area contributed by atoms with E-state index in [4.69, 9.17) is 16.3 Å². The van der Waals surface area contributed by atoms with Crippen LogP contribution >= 0.6 is 11.6 Å². The number of benzene rings is 1. The fourth-order valence-electron chi connectivity index (χ4n) is 4.36. The van der Waals surface area contributed by atoms with Crippen molar-refractivity contribution in [1.29, 1.82) is 0 Å². The molecule has 10 heteroatoms. The molecule has 1 aliphatic rings. The molecule has 2 unspecified atom stereocenters. The number of hydrogen-bond acceptors (Lipinski definition) is 6. The minimum absolute atomic E-state index is 0.0127. The van der Waals surface area contributed by atoms with E-state index in [0.717, 1.165) is 5.56 Å². The van der Waals surface area contributed by atoms with Gasteiger partial charge in [-0.1, -0.05) is 51.4 Å². The summed E-state index contributed by atoms with van der Waals surface area (Å²) in [7, 11) is 0. The SMILES string of the molecule is CC(O)C(=O)OC(C)(C)CNC(=O)NC(C(=O)N1CC[C@](O)(c2ccc(Cl)cc2)C(C)(C)C1)C(C)C. The smallest absolute Gasteiger partial charge is 0.335 e. The zero-order valence-corrected chi connectivity index (χ0v) is 23.0. The Hall–Kier alpha value is -2.36. The van der Waals surface area contributed by atoms with Crippen LogP contribution < -0.4 is 10.6 Å². The van der Waals surface area contributed by atoms with Crippen LogP contribution in [0.5, 0.6) is 0 Å². The summed E-state index contributed by atoms with van der Waals surface area (Å²) < 4.78 is 5.19. The molecule has 0 aromatic heterocycles. The highest BCUT2D eigenvalue weighted by Gasteiger charge is 2.50. The van der Waals surface area contributed by atoms with E-state index >= 15 is 0 Å². The molecule has 0 bridgehead atoms. The second-order valence-corrected chi connectivity index (χ2v) is 11.6. The Balaban J connectivity index is 2.05. The largest absolute Gasteiger partial charge is 0.456 e. The number of carbonyl (C=O) groups excluding carboxylic acids is 3. The molecule has 9 nitrogen and oxygen atoms in total. The zero-order chi connectivity index (χ0) is 27.5. The molecular formula is C26H40ClN3O6. The molecule has 1 aliphatic heterocycles. The lowest BCUT2D eigenvalue weighted by Crippen LogP contribution is -2.61. The van der Waals surface area contributed by atoms with E-state index in [1.54, 1.807) is 30.9 Å². The van der Waals surface area contributed by atoms with E-state index in [-0.39, 0.29) is 18.4 Å². The number of rotatable bonds is 8. The van der Waals surface area contributed by atoms with Gasteiger partial charge >= 0.3 is 12.0 Å². The molecule has 1 aromatic carbocycles. The molecule has 2 rings (SSSR count). The number of hydrogen-bond donors (Lipinski definition) is 4. The molecule has 1 aromatic rings. The third-order valence-electron chi connectivity index (χ3n) is 6.69. The summed E-state index contributed by atoms with van der Waals surface area (Å²) in [5.41, 5.74) is -2.09. The highest BCUT2D eigenvalue weighted by molar-refractivity contribution is 6.30. The first kappa shape index (κ1) is 29.9. The normalized spacial score (nSPS) is 21.5. The predicted octanol–water partition coefficient (Wildman–Crippen LogP) is 2.81. The van der Waals surface area contributed by atoms with Crippen molar-refractivity contribution in [3.63, 3.8) is 0 Å². The minimum atomic E-state index is -1.27. The van der Waals surface area contributed by atoms with Crippen molar-refractivity contribution >= 4 is 29.5 Å². The number of nitrogens with one attached hydrogen (secondary N) is 2. The monoisotopic (exact) mass is 525 g/mol. The van der Waals surface area contributed by atoms with Crippen molar-refractivity contribution in [2.45, 2.75) is 78.2 Å². The van der Waals surface area contributed by atoms with Crippen molar-refractivity contribution in [3.8, 4) is 0 Å². The average molecular weight is 526 g/mol. The van der Waals surface area contributed by atoms with Crippen molar-refractivity contribution in [3.05, 3.63) is 34.9 Å². The van der Waals surface area contributed by atoms with Crippen LogP contribution in [0, 0.1) is 11.3 Å². The molecule has 0 radical (unpaired) electrons. The molecule has 1 fully saturated rings. The van der Waals surface area contributed by atoms with Gasteiger partial charge in [-0.15, -0.1) is 0 Å². The Morgan fingerprint density at radius 1 is 1.17 bits per heavy atom. The number of likely N-dealkylation sites (tertiary alicyclic amines) is 1. The van der Waals surface area contributed by atoms with Gasteiger partial charge in [-0.05, 0) is 50.8 Å². The highest BCUT2D eigenvalue weighted by Crippen LogP contribution is 2.46. The number of aliphatic hydroxyl groups excluding tert-OH is 1. The summed E-state index contributed by atoms with van der Waals surface area (Å²) >= 11 is 6.01. The number of amides is 3. The molecule has 3 atom stereocenters. The van der Waals surface area contributed by atoms with Crippen LogP contribution in [0.3, 0.4) is 0 Å². The average Bonchev–Trinajstić information content (AvgIpc) is 2.77. The maximum atomic E-state index is 13.5. The lowest BCUT2D eigenvalue weighted by Gasteiger charge is -2.51. The first-order valence-electron chi connectivity index (χ1n) is 12.2. The van der Waals surface area contributed by atoms with Crippen molar-refractivity contribution in [2.24, 2.45) is 11.3 Å². The molecule has 4 N–H and O–H groups in total. The van der Waals surface area contributed by atoms with Gasteiger partial charge in [0.15, 0.2) is 0 Å². The Labute approximate surface area is 218 Å². The summed E-state index contributed by atoms with van der Waals surface area (Å²) in [6.45, 7) is 12.7. The van der Waals surface area contributed by atoms with Gasteiger partial charge in [0, 0.05) is 23.5 Å². The first-order valence-corrected chi connectivity index (χ1v) is 12.6. The Bertz CT molecular complexity index is 948. The fraction of sp³-hybridized carbons (Fsp3) is 0.654. The third kappa shape index (κ3) is 7.11. The Morgan fingerprint density at radius 3 is 2.25 bits per heavy atom. The van der Waals surface area contributed by atoms with Crippen LogP contribution in [0.1, 0.15) is 60.5 Å². The number of ether oxygens (including phenoxy) is 1. The van der Waals surface area contributed by atoms with E-state index in [9.17, 15) is 24.6 Å². The second kappa shape index (κ2) is 11.4. The molecule has 3 amide bonds. The minimum Gasteiger partial charge on any atom is -0.456 e. The van der Waals surface area contributed by atoms with E-state index < -0.39 is 40.8 Å². The van der Waals surface area contributed by atoms with Crippen molar-refractivity contribution in [1.82, 2.24) is 15.5 Å². The number of esters is 1. The Morgan fingerprint density at radius 2 is 1.75 bits per heavy atom. The van der Waals surface area contributed by atoms with E-state index in [0.29, 0.717) is 24.5 Å². The van der Waals surface area contributed by atoms with Gasteiger partial charge in [0.2, 0.25) is 5.91 Å². The van der Waals surface area contributed by atoms with Crippen LogP contribution in [0.25, 0.3) is 0 Å². The molecule has 0 aliphatic carbocycles. The molecule has 0 spiro atoms. The van der Waals surface area contributed by atoms with Gasteiger partial charge in [-0.25, -0.2) is 9.59 Å². The van der Waals surface area contributed by atoms with Crippen molar-refractivity contribution in [2.75, 3.05) is 19.6 Å². The fourth-order valence-corrected chi connectivity index (χ4v) is 4.49.